The maximum absolute atomic E-state index is 5.93. The van der Waals surface area contributed by atoms with Crippen LogP contribution in [-0.2, 0) is 17.8 Å². The van der Waals surface area contributed by atoms with Gasteiger partial charge in [-0.25, -0.2) is 4.98 Å². The topological polar surface area (TPSA) is 52.0 Å². The highest BCUT2D eigenvalue weighted by Gasteiger charge is 2.31. The van der Waals surface area contributed by atoms with Crippen molar-refractivity contribution in [2.45, 2.75) is 32.5 Å². The summed E-state index contributed by atoms with van der Waals surface area (Å²) in [6.07, 6.45) is 3.13. The van der Waals surface area contributed by atoms with Gasteiger partial charge in [-0.05, 0) is 19.4 Å². The van der Waals surface area contributed by atoms with Gasteiger partial charge in [0.25, 0.3) is 0 Å². The lowest BCUT2D eigenvalue weighted by atomic mass is 9.99. The monoisotopic (exact) mass is 292 g/mol. The lowest BCUT2D eigenvalue weighted by Crippen LogP contribution is -2.25. The molecule has 3 rings (SSSR count). The largest absolute Gasteiger partial charge is 0.372 e. The predicted molar refractivity (Wildman–Crippen MR) is 78.5 cm³/mol. The molecule has 1 N–H and O–H groups in total. The van der Waals surface area contributed by atoms with E-state index in [-0.39, 0.29) is 6.10 Å². The van der Waals surface area contributed by atoms with Crippen LogP contribution in [0.5, 0.6) is 0 Å². The summed E-state index contributed by atoms with van der Waals surface area (Å²) in [5.74, 6) is 0.510. The third-order valence-electron chi connectivity index (χ3n) is 3.75. The number of aryl methyl sites for hydroxylation is 1. The Hall–Kier alpha value is -1.24. The predicted octanol–water partition coefficient (Wildman–Crippen LogP) is 2.23. The SMILES string of the molecule is CCn1nccc1[C@@H]1OCC[C@H]1CNCc1cscn1. The number of thiazole rings is 1. The smallest absolute Gasteiger partial charge is 0.103 e. The number of nitrogens with zero attached hydrogens (tertiary/aromatic N) is 3. The number of aromatic nitrogens is 3. The van der Waals surface area contributed by atoms with Gasteiger partial charge in [-0.3, -0.25) is 4.68 Å². The van der Waals surface area contributed by atoms with Gasteiger partial charge >= 0.3 is 0 Å². The Bertz CT molecular complexity index is 525. The van der Waals surface area contributed by atoms with Gasteiger partial charge in [-0.15, -0.1) is 11.3 Å². The molecule has 1 aliphatic heterocycles. The van der Waals surface area contributed by atoms with E-state index in [1.807, 2.05) is 16.4 Å². The molecule has 0 bridgehead atoms. The van der Waals surface area contributed by atoms with Gasteiger partial charge in [-0.1, -0.05) is 0 Å². The number of hydrogen-bond donors (Lipinski definition) is 1. The first-order valence-electron chi connectivity index (χ1n) is 7.09. The van der Waals surface area contributed by atoms with Crippen molar-refractivity contribution < 1.29 is 4.74 Å². The summed E-state index contributed by atoms with van der Waals surface area (Å²) in [5.41, 5.74) is 4.19. The van der Waals surface area contributed by atoms with E-state index in [9.17, 15) is 0 Å². The van der Waals surface area contributed by atoms with Crippen LogP contribution in [0.2, 0.25) is 0 Å². The molecule has 6 heteroatoms. The van der Waals surface area contributed by atoms with E-state index in [1.54, 1.807) is 11.3 Å². The molecule has 0 saturated carbocycles. The van der Waals surface area contributed by atoms with Crippen LogP contribution in [0, 0.1) is 5.92 Å². The van der Waals surface area contributed by atoms with Crippen LogP contribution in [0.15, 0.2) is 23.2 Å². The third kappa shape index (κ3) is 2.92. The summed E-state index contributed by atoms with van der Waals surface area (Å²) in [4.78, 5) is 4.29. The van der Waals surface area contributed by atoms with Crippen molar-refractivity contribution in [3.8, 4) is 0 Å². The number of hydrogen-bond acceptors (Lipinski definition) is 5. The molecule has 108 valence electrons. The molecule has 5 nitrogen and oxygen atoms in total. The zero-order valence-electron chi connectivity index (χ0n) is 11.7. The Kier molecular flexibility index (Phi) is 4.44. The Morgan fingerprint density at radius 2 is 2.50 bits per heavy atom. The van der Waals surface area contributed by atoms with Crippen molar-refractivity contribution in [2.75, 3.05) is 13.2 Å². The number of nitrogens with one attached hydrogen (secondary N) is 1. The van der Waals surface area contributed by atoms with E-state index < -0.39 is 0 Å². The fourth-order valence-corrected chi connectivity index (χ4v) is 3.29. The minimum atomic E-state index is 0.167. The second kappa shape index (κ2) is 6.47. The van der Waals surface area contributed by atoms with Gasteiger partial charge < -0.3 is 10.1 Å². The maximum atomic E-state index is 5.93. The third-order valence-corrected chi connectivity index (χ3v) is 4.39. The second-order valence-electron chi connectivity index (χ2n) is 5.02. The average Bonchev–Trinajstić information content (AvgIpc) is 3.19. The summed E-state index contributed by atoms with van der Waals surface area (Å²) in [5, 5.41) is 9.92. The Balaban J connectivity index is 1.58. The molecule has 1 aliphatic rings. The summed E-state index contributed by atoms with van der Waals surface area (Å²) < 4.78 is 7.96. The molecule has 0 aromatic carbocycles. The van der Waals surface area contributed by atoms with Gasteiger partial charge in [-0.2, -0.15) is 5.10 Å². The molecular weight excluding hydrogens is 272 g/mol. The van der Waals surface area contributed by atoms with Crippen LogP contribution in [-0.4, -0.2) is 27.9 Å². The average molecular weight is 292 g/mol. The Morgan fingerprint density at radius 3 is 3.30 bits per heavy atom. The molecule has 0 spiro atoms. The second-order valence-corrected chi connectivity index (χ2v) is 5.74. The zero-order chi connectivity index (χ0) is 13.8. The lowest BCUT2D eigenvalue weighted by Gasteiger charge is -2.19. The molecule has 0 radical (unpaired) electrons. The van der Waals surface area contributed by atoms with E-state index in [0.29, 0.717) is 5.92 Å². The molecule has 3 heterocycles. The van der Waals surface area contributed by atoms with Crippen molar-refractivity contribution in [1.82, 2.24) is 20.1 Å². The van der Waals surface area contributed by atoms with Crippen LogP contribution in [0.25, 0.3) is 0 Å². The fourth-order valence-electron chi connectivity index (χ4n) is 2.73. The van der Waals surface area contributed by atoms with Crippen molar-refractivity contribution in [1.29, 1.82) is 0 Å². The van der Waals surface area contributed by atoms with Crippen LogP contribution in [0.1, 0.15) is 30.8 Å². The summed E-state index contributed by atoms with van der Waals surface area (Å²) in [6, 6.07) is 2.08. The van der Waals surface area contributed by atoms with Crippen LogP contribution in [0.3, 0.4) is 0 Å². The van der Waals surface area contributed by atoms with E-state index >= 15 is 0 Å². The van der Waals surface area contributed by atoms with E-state index in [1.165, 1.54) is 5.69 Å². The first-order valence-corrected chi connectivity index (χ1v) is 8.04. The lowest BCUT2D eigenvalue weighted by molar-refractivity contribution is 0.0830. The number of ether oxygens (including phenoxy) is 1. The molecule has 2 aromatic rings. The minimum Gasteiger partial charge on any atom is -0.372 e. The summed E-state index contributed by atoms with van der Waals surface area (Å²) in [6.45, 7) is 5.63. The summed E-state index contributed by atoms with van der Waals surface area (Å²) >= 11 is 1.64. The molecule has 20 heavy (non-hydrogen) atoms. The van der Waals surface area contributed by atoms with Gasteiger partial charge in [0.2, 0.25) is 0 Å². The standard InChI is InChI=1S/C14H20N4OS/c1-2-18-13(3-5-17-18)14-11(4-6-19-14)7-15-8-12-9-20-10-16-12/h3,5,9-11,14-15H,2,4,6-8H2,1H3/t11-,14+/m0/s1. The Morgan fingerprint density at radius 1 is 1.55 bits per heavy atom. The van der Waals surface area contributed by atoms with E-state index in [2.05, 4.69) is 33.8 Å². The fraction of sp³-hybridized carbons (Fsp3) is 0.571. The molecule has 2 aromatic heterocycles. The normalized spacial score (nSPS) is 22.4. The first kappa shape index (κ1) is 13.7. The van der Waals surface area contributed by atoms with Gasteiger partial charge in [0.05, 0.1) is 16.9 Å². The highest BCUT2D eigenvalue weighted by Crippen LogP contribution is 2.33. The van der Waals surface area contributed by atoms with Crippen molar-refractivity contribution in [3.05, 3.63) is 34.5 Å². The van der Waals surface area contributed by atoms with Gasteiger partial charge in [0, 0.05) is 43.7 Å². The van der Waals surface area contributed by atoms with Crippen molar-refractivity contribution in [2.24, 2.45) is 5.92 Å². The van der Waals surface area contributed by atoms with E-state index in [4.69, 9.17) is 4.74 Å². The summed E-state index contributed by atoms with van der Waals surface area (Å²) in [7, 11) is 0. The van der Waals surface area contributed by atoms with Gasteiger partial charge in [0.15, 0.2) is 0 Å². The van der Waals surface area contributed by atoms with Crippen molar-refractivity contribution >= 4 is 11.3 Å². The highest BCUT2D eigenvalue weighted by atomic mass is 32.1. The highest BCUT2D eigenvalue weighted by molar-refractivity contribution is 7.07. The number of rotatable bonds is 6. The molecule has 0 aliphatic carbocycles. The molecule has 2 atom stereocenters. The maximum Gasteiger partial charge on any atom is 0.103 e. The minimum absolute atomic E-state index is 0.167. The molecule has 1 fully saturated rings. The molecular formula is C14H20N4OS. The van der Waals surface area contributed by atoms with Gasteiger partial charge in [0.1, 0.15) is 6.10 Å². The van der Waals surface area contributed by atoms with Crippen LogP contribution in [0.4, 0.5) is 0 Å². The van der Waals surface area contributed by atoms with Crippen LogP contribution < -0.4 is 5.32 Å². The van der Waals surface area contributed by atoms with Crippen molar-refractivity contribution in [3.63, 3.8) is 0 Å². The van der Waals surface area contributed by atoms with E-state index in [0.717, 1.165) is 38.4 Å². The quantitative estimate of drug-likeness (QED) is 0.887. The first-order chi connectivity index (χ1) is 9.88. The molecule has 0 amide bonds. The molecule has 1 saturated heterocycles. The zero-order valence-corrected chi connectivity index (χ0v) is 12.5. The van der Waals surface area contributed by atoms with Crippen LogP contribution >= 0.6 is 11.3 Å². The Labute approximate surface area is 123 Å². The molecule has 0 unspecified atom stereocenters.